The van der Waals surface area contributed by atoms with Crippen molar-refractivity contribution in [1.29, 1.82) is 0 Å². The number of halogens is 2. The summed E-state index contributed by atoms with van der Waals surface area (Å²) in [6.45, 7) is 0.484. The second kappa shape index (κ2) is 8.64. The number of fused-ring (bicyclic) bond motifs is 2. The number of carbonyl (C=O) groups excluding carboxylic acids is 2. The van der Waals surface area contributed by atoms with Gasteiger partial charge in [0.2, 0.25) is 0 Å². The molecule has 1 saturated heterocycles. The summed E-state index contributed by atoms with van der Waals surface area (Å²) in [7, 11) is 1.53. The molecule has 0 aromatic heterocycles. The number of benzene rings is 3. The Bertz CT molecular complexity index is 1270. The Morgan fingerprint density at radius 2 is 1.85 bits per heavy atom. The molecule has 2 heterocycles. The Morgan fingerprint density at radius 3 is 2.62 bits per heavy atom. The van der Waals surface area contributed by atoms with Crippen molar-refractivity contribution in [2.24, 2.45) is 0 Å². The highest BCUT2D eigenvalue weighted by atomic mass is 32.2. The highest BCUT2D eigenvalue weighted by Gasteiger charge is 2.59. The molecule has 1 N–H and O–H groups in total. The molecule has 1 unspecified atom stereocenters. The van der Waals surface area contributed by atoms with Gasteiger partial charge < -0.3 is 15.0 Å². The zero-order valence-electron chi connectivity index (χ0n) is 18.3. The van der Waals surface area contributed by atoms with Crippen LogP contribution in [0.1, 0.15) is 11.1 Å². The molecule has 2 aliphatic rings. The van der Waals surface area contributed by atoms with Crippen molar-refractivity contribution in [1.82, 2.24) is 4.90 Å². The lowest BCUT2D eigenvalue weighted by Gasteiger charge is -2.33. The smallest absolute Gasteiger partial charge is 0.323 e. The Balaban J connectivity index is 1.51. The van der Waals surface area contributed by atoms with Crippen LogP contribution in [0.4, 0.5) is 25.0 Å². The Morgan fingerprint density at radius 1 is 1.09 bits per heavy atom. The minimum atomic E-state index is -1.39. The van der Waals surface area contributed by atoms with Gasteiger partial charge in [0, 0.05) is 29.6 Å². The lowest BCUT2D eigenvalue weighted by Crippen LogP contribution is -2.51. The molecule has 0 aliphatic carbocycles. The maximum absolute atomic E-state index is 14.4. The van der Waals surface area contributed by atoms with Crippen LogP contribution < -0.4 is 15.0 Å². The van der Waals surface area contributed by atoms with Crippen molar-refractivity contribution >= 4 is 35.1 Å². The van der Waals surface area contributed by atoms with E-state index in [4.69, 9.17) is 4.74 Å². The van der Waals surface area contributed by atoms with Crippen LogP contribution in [0.3, 0.4) is 0 Å². The molecule has 1 spiro atoms. The average molecular weight is 482 g/mol. The van der Waals surface area contributed by atoms with Crippen LogP contribution >= 0.6 is 11.8 Å². The third kappa shape index (κ3) is 3.66. The van der Waals surface area contributed by atoms with E-state index in [1.54, 1.807) is 42.5 Å². The number of thioether (sulfide) groups is 1. The average Bonchev–Trinajstić information content (AvgIpc) is 3.38. The number of carbonyl (C=O) groups is 2. The molecule has 3 amide bonds. The zero-order chi connectivity index (χ0) is 23.9. The molecule has 0 saturated carbocycles. The van der Waals surface area contributed by atoms with E-state index in [1.807, 2.05) is 0 Å². The number of nitrogens with zero attached hydrogens (tertiary/aromatic N) is 2. The highest BCUT2D eigenvalue weighted by molar-refractivity contribution is 8.01. The first-order chi connectivity index (χ1) is 16.4. The maximum atomic E-state index is 14.4. The first-order valence-electron chi connectivity index (χ1n) is 10.7. The van der Waals surface area contributed by atoms with Crippen molar-refractivity contribution in [2.45, 2.75) is 11.4 Å². The third-order valence-corrected chi connectivity index (χ3v) is 7.39. The van der Waals surface area contributed by atoms with Gasteiger partial charge in [-0.05, 0) is 48.0 Å². The van der Waals surface area contributed by atoms with Crippen molar-refractivity contribution in [3.8, 4) is 5.75 Å². The molecule has 3 aromatic carbocycles. The van der Waals surface area contributed by atoms with Gasteiger partial charge in [-0.1, -0.05) is 18.2 Å². The van der Waals surface area contributed by atoms with E-state index < -0.39 is 16.7 Å². The molecule has 34 heavy (non-hydrogen) atoms. The fraction of sp³-hybridized carbons (Fsp3) is 0.200. The second-order valence-electron chi connectivity index (χ2n) is 7.99. The number of nitrogens with one attached hydrogen (secondary N) is 1. The normalized spacial score (nSPS) is 19.0. The van der Waals surface area contributed by atoms with Crippen molar-refractivity contribution in [3.63, 3.8) is 0 Å². The Hall–Kier alpha value is -3.59. The minimum Gasteiger partial charge on any atom is -0.497 e. The van der Waals surface area contributed by atoms with E-state index in [0.29, 0.717) is 35.0 Å². The molecule has 1 atom stereocenters. The molecular weight excluding hydrogens is 460 g/mol. The second-order valence-corrected chi connectivity index (χ2v) is 9.27. The topological polar surface area (TPSA) is 61.9 Å². The van der Waals surface area contributed by atoms with Crippen molar-refractivity contribution < 1.29 is 23.1 Å². The molecule has 1 fully saturated rings. The van der Waals surface area contributed by atoms with E-state index in [9.17, 15) is 18.4 Å². The van der Waals surface area contributed by atoms with Crippen molar-refractivity contribution in [3.05, 3.63) is 89.5 Å². The van der Waals surface area contributed by atoms with E-state index >= 15 is 0 Å². The molecule has 6 nitrogen and oxygen atoms in total. The molecular formula is C25H21F2N3O3S. The summed E-state index contributed by atoms with van der Waals surface area (Å²) >= 11 is 1.31. The van der Waals surface area contributed by atoms with Gasteiger partial charge in [-0.3, -0.25) is 9.69 Å². The van der Waals surface area contributed by atoms with Gasteiger partial charge >= 0.3 is 6.03 Å². The number of amides is 3. The summed E-state index contributed by atoms with van der Waals surface area (Å²) in [4.78, 5) is 28.9. The summed E-state index contributed by atoms with van der Waals surface area (Å²) in [6.07, 6.45) is 0. The number of anilines is 2. The number of ether oxygens (including phenoxy) is 1. The molecule has 3 aromatic rings. The van der Waals surface area contributed by atoms with Crippen LogP contribution in [0.15, 0.2) is 66.7 Å². The number of rotatable bonds is 4. The largest absolute Gasteiger partial charge is 0.497 e. The number of hydrogen-bond donors (Lipinski definition) is 1. The number of methoxy groups -OCH3 is 1. The number of urea groups is 1. The van der Waals surface area contributed by atoms with Gasteiger partial charge in [-0.15, -0.1) is 11.8 Å². The minimum absolute atomic E-state index is 0.172. The summed E-state index contributed by atoms with van der Waals surface area (Å²) in [6, 6.07) is 16.5. The molecule has 0 bridgehead atoms. The monoisotopic (exact) mass is 481 g/mol. The number of hydrogen-bond acceptors (Lipinski definition) is 4. The van der Waals surface area contributed by atoms with Gasteiger partial charge in [-0.2, -0.15) is 0 Å². The fourth-order valence-corrected chi connectivity index (χ4v) is 5.86. The molecule has 2 aliphatic heterocycles. The van der Waals surface area contributed by atoms with Gasteiger partial charge in [-0.25, -0.2) is 13.6 Å². The standard InChI is InChI=1S/C25H21F2N3O3S/c1-33-20-4-2-3-19(14-20)28-24(32)30-11-12-34-25(30)21-13-18(27)9-10-22(21)29(23(25)31)15-16-5-7-17(26)8-6-16/h2-10,13-14H,11-12,15H2,1H3,(H,28,32). The fourth-order valence-electron chi connectivity index (χ4n) is 4.41. The molecule has 174 valence electrons. The summed E-state index contributed by atoms with van der Waals surface area (Å²) < 4.78 is 33.0. The van der Waals surface area contributed by atoms with Crippen LogP contribution in [0, 0.1) is 11.6 Å². The van der Waals surface area contributed by atoms with E-state index in [0.717, 1.165) is 5.56 Å². The highest BCUT2D eigenvalue weighted by Crippen LogP contribution is 2.54. The van der Waals surface area contributed by atoms with Gasteiger partial charge in [0.05, 0.1) is 19.3 Å². The third-order valence-electron chi connectivity index (χ3n) is 5.98. The quantitative estimate of drug-likeness (QED) is 0.573. The summed E-state index contributed by atoms with van der Waals surface area (Å²) in [5.74, 6) is -0.103. The van der Waals surface area contributed by atoms with Crippen molar-refractivity contribution in [2.75, 3.05) is 29.6 Å². The summed E-state index contributed by atoms with van der Waals surface area (Å²) in [5, 5.41) is 2.83. The van der Waals surface area contributed by atoms with Crippen LogP contribution in [0.2, 0.25) is 0 Å². The van der Waals surface area contributed by atoms with E-state index in [1.165, 1.54) is 52.9 Å². The molecule has 9 heteroatoms. The van der Waals surface area contributed by atoms with Crippen LogP contribution in [-0.4, -0.2) is 36.2 Å². The van der Waals surface area contributed by atoms with Gasteiger partial charge in [0.15, 0.2) is 4.87 Å². The SMILES string of the molecule is COc1cccc(NC(=O)N2CCSC23C(=O)N(Cc2ccc(F)cc2)c2ccc(F)cc23)c1. The van der Waals surface area contributed by atoms with Crippen LogP contribution in [-0.2, 0) is 16.2 Å². The van der Waals surface area contributed by atoms with E-state index in [2.05, 4.69) is 5.32 Å². The van der Waals surface area contributed by atoms with Crippen LogP contribution in [0.5, 0.6) is 5.75 Å². The first kappa shape index (κ1) is 22.2. The predicted octanol–water partition coefficient (Wildman–Crippen LogP) is 4.95. The van der Waals surface area contributed by atoms with Crippen LogP contribution in [0.25, 0.3) is 0 Å². The molecule has 0 radical (unpaired) electrons. The zero-order valence-corrected chi connectivity index (χ0v) is 19.1. The Kier molecular flexibility index (Phi) is 5.65. The predicted molar refractivity (Wildman–Crippen MR) is 127 cm³/mol. The maximum Gasteiger partial charge on any atom is 0.323 e. The van der Waals surface area contributed by atoms with E-state index in [-0.39, 0.29) is 18.3 Å². The lowest BCUT2D eigenvalue weighted by molar-refractivity contribution is -0.123. The lowest BCUT2D eigenvalue weighted by atomic mass is 10.1. The summed E-state index contributed by atoms with van der Waals surface area (Å²) in [5.41, 5.74) is 2.20. The van der Waals surface area contributed by atoms with Gasteiger partial charge in [0.1, 0.15) is 17.4 Å². The first-order valence-corrected chi connectivity index (χ1v) is 11.6. The Labute approximate surface area is 199 Å². The molecule has 5 rings (SSSR count). The van der Waals surface area contributed by atoms with Gasteiger partial charge in [0.25, 0.3) is 5.91 Å².